The molecule has 3 aromatic carbocycles. The number of hydrogen-bond acceptors (Lipinski definition) is 3. The number of carbonyl (C=O) groups is 2. The number of hydrogen-bond donors (Lipinski definition) is 1. The summed E-state index contributed by atoms with van der Waals surface area (Å²) in [6.45, 7) is 0.110. The molecule has 5 heteroatoms. The first-order valence-electron chi connectivity index (χ1n) is 9.48. The summed E-state index contributed by atoms with van der Waals surface area (Å²) in [4.78, 5) is 23.6. The van der Waals surface area contributed by atoms with Gasteiger partial charge in [0.1, 0.15) is 12.6 Å². The smallest absolute Gasteiger partial charge is 0.407 e. The number of benzene rings is 3. The van der Waals surface area contributed by atoms with E-state index in [0.29, 0.717) is 0 Å². The molecule has 146 valence electrons. The molecule has 1 aliphatic rings. The van der Waals surface area contributed by atoms with Gasteiger partial charge in [-0.05, 0) is 27.8 Å². The molecule has 1 aliphatic carbocycles. The van der Waals surface area contributed by atoms with E-state index < -0.39 is 18.2 Å². The Labute approximate surface area is 168 Å². The summed E-state index contributed by atoms with van der Waals surface area (Å²) in [7, 11) is 0. The number of carbonyl (C=O) groups excluding carboxylic acids is 2. The molecule has 0 spiro atoms. The summed E-state index contributed by atoms with van der Waals surface area (Å²) in [5.74, 6) is -0.0956. The van der Waals surface area contributed by atoms with Crippen molar-refractivity contribution in [1.29, 1.82) is 0 Å². The van der Waals surface area contributed by atoms with Crippen LogP contribution in [0.4, 0.5) is 9.18 Å². The fourth-order valence-corrected chi connectivity index (χ4v) is 3.82. The normalized spacial score (nSPS) is 13.3. The summed E-state index contributed by atoms with van der Waals surface area (Å²) in [5.41, 5.74) is 5.17. The lowest BCUT2D eigenvalue weighted by Crippen LogP contribution is -2.41. The molecule has 0 bridgehead atoms. The highest BCUT2D eigenvalue weighted by Crippen LogP contribution is 2.44. The number of ether oxygens (including phenoxy) is 1. The molecular weight excluding hydrogens is 369 g/mol. The number of rotatable bonds is 6. The third-order valence-electron chi connectivity index (χ3n) is 5.19. The highest BCUT2D eigenvalue weighted by Gasteiger charge is 2.29. The van der Waals surface area contributed by atoms with Crippen LogP contribution in [0.25, 0.3) is 11.1 Å². The standard InChI is InChI=1S/C24H20FNO3/c25-23(27)22(14-16-8-2-1-3-9-16)26-24(28)29-15-21-19-12-6-4-10-17(19)18-11-5-7-13-20(18)21/h1-13,21-22H,14-15H2,(H,26,28)/t22-/m0/s1. The third kappa shape index (κ3) is 4.04. The Balaban J connectivity index is 1.43. The van der Waals surface area contributed by atoms with Crippen LogP contribution < -0.4 is 5.32 Å². The molecule has 0 heterocycles. The first kappa shape index (κ1) is 18.9. The Morgan fingerprint density at radius 1 is 0.862 bits per heavy atom. The van der Waals surface area contributed by atoms with E-state index >= 15 is 0 Å². The van der Waals surface area contributed by atoms with Crippen LogP contribution in [0.2, 0.25) is 0 Å². The summed E-state index contributed by atoms with van der Waals surface area (Å²) in [6.07, 6.45) is -0.737. The lowest BCUT2D eigenvalue weighted by atomic mass is 9.98. The van der Waals surface area contributed by atoms with Crippen LogP contribution in [0.1, 0.15) is 22.6 Å². The van der Waals surface area contributed by atoms with E-state index in [9.17, 15) is 14.0 Å². The van der Waals surface area contributed by atoms with Crippen LogP contribution in [-0.2, 0) is 16.0 Å². The molecule has 0 saturated carbocycles. The predicted octanol–water partition coefficient (Wildman–Crippen LogP) is 4.63. The van der Waals surface area contributed by atoms with E-state index in [4.69, 9.17) is 4.74 Å². The van der Waals surface area contributed by atoms with Crippen molar-refractivity contribution in [2.75, 3.05) is 6.61 Å². The average molecular weight is 389 g/mol. The molecule has 1 amide bonds. The molecule has 0 aromatic heterocycles. The predicted molar refractivity (Wildman–Crippen MR) is 108 cm³/mol. The molecule has 4 nitrogen and oxygen atoms in total. The van der Waals surface area contributed by atoms with Gasteiger partial charge in [-0.3, -0.25) is 4.79 Å². The van der Waals surface area contributed by atoms with Gasteiger partial charge in [0.25, 0.3) is 0 Å². The van der Waals surface area contributed by atoms with Gasteiger partial charge in [0.15, 0.2) is 0 Å². The molecule has 0 unspecified atom stereocenters. The summed E-state index contributed by atoms with van der Waals surface area (Å²) >= 11 is 0. The fourth-order valence-electron chi connectivity index (χ4n) is 3.82. The summed E-state index contributed by atoms with van der Waals surface area (Å²) in [6, 6.07) is 22.1. The van der Waals surface area contributed by atoms with Crippen LogP contribution in [0.5, 0.6) is 0 Å². The maximum absolute atomic E-state index is 13.4. The van der Waals surface area contributed by atoms with E-state index in [1.165, 1.54) is 0 Å². The Morgan fingerprint density at radius 2 is 1.41 bits per heavy atom. The van der Waals surface area contributed by atoms with Crippen molar-refractivity contribution in [2.45, 2.75) is 18.4 Å². The number of alkyl carbamates (subject to hydrolysis) is 1. The number of fused-ring (bicyclic) bond motifs is 3. The molecule has 3 aromatic rings. The van der Waals surface area contributed by atoms with Gasteiger partial charge >= 0.3 is 12.1 Å². The van der Waals surface area contributed by atoms with Crippen molar-refractivity contribution in [3.63, 3.8) is 0 Å². The lowest BCUT2D eigenvalue weighted by molar-refractivity contribution is -0.131. The van der Waals surface area contributed by atoms with Gasteiger partial charge in [-0.2, -0.15) is 4.39 Å². The van der Waals surface area contributed by atoms with Crippen molar-refractivity contribution in [2.24, 2.45) is 0 Å². The van der Waals surface area contributed by atoms with Gasteiger partial charge in [0, 0.05) is 12.3 Å². The van der Waals surface area contributed by atoms with E-state index in [-0.39, 0.29) is 18.9 Å². The minimum Gasteiger partial charge on any atom is -0.449 e. The highest BCUT2D eigenvalue weighted by atomic mass is 19.1. The number of amides is 1. The fraction of sp³-hybridized carbons (Fsp3) is 0.167. The van der Waals surface area contributed by atoms with Crippen LogP contribution in [-0.4, -0.2) is 24.8 Å². The maximum Gasteiger partial charge on any atom is 0.407 e. The molecule has 0 aliphatic heterocycles. The van der Waals surface area contributed by atoms with Crippen molar-refractivity contribution in [3.05, 3.63) is 95.6 Å². The van der Waals surface area contributed by atoms with E-state index in [1.807, 2.05) is 54.6 Å². The van der Waals surface area contributed by atoms with E-state index in [1.54, 1.807) is 24.3 Å². The summed E-state index contributed by atoms with van der Waals surface area (Å²) < 4.78 is 18.8. The number of nitrogens with one attached hydrogen (secondary N) is 1. The second kappa shape index (κ2) is 8.27. The van der Waals surface area contributed by atoms with Crippen LogP contribution in [0, 0.1) is 0 Å². The Morgan fingerprint density at radius 3 is 2.00 bits per heavy atom. The summed E-state index contributed by atoms with van der Waals surface area (Å²) in [5, 5.41) is 2.35. The van der Waals surface area contributed by atoms with E-state index in [2.05, 4.69) is 5.32 Å². The Bertz CT molecular complexity index is 990. The molecular formula is C24H20FNO3. The Kier molecular flexibility index (Phi) is 5.38. The molecule has 0 radical (unpaired) electrons. The molecule has 0 fully saturated rings. The quantitative estimate of drug-likeness (QED) is 0.625. The zero-order valence-corrected chi connectivity index (χ0v) is 15.7. The van der Waals surface area contributed by atoms with Crippen LogP contribution >= 0.6 is 0 Å². The van der Waals surface area contributed by atoms with Crippen molar-refractivity contribution in [3.8, 4) is 11.1 Å². The molecule has 29 heavy (non-hydrogen) atoms. The van der Waals surface area contributed by atoms with Gasteiger partial charge < -0.3 is 10.1 Å². The first-order valence-corrected chi connectivity index (χ1v) is 9.48. The molecule has 1 N–H and O–H groups in total. The van der Waals surface area contributed by atoms with Crippen LogP contribution in [0.3, 0.4) is 0 Å². The van der Waals surface area contributed by atoms with Gasteiger partial charge in [0.2, 0.25) is 0 Å². The third-order valence-corrected chi connectivity index (χ3v) is 5.19. The highest BCUT2D eigenvalue weighted by molar-refractivity contribution is 5.81. The zero-order chi connectivity index (χ0) is 20.2. The molecule has 0 saturated heterocycles. The molecule has 1 atom stereocenters. The first-order chi connectivity index (χ1) is 14.1. The second-order valence-corrected chi connectivity index (χ2v) is 7.02. The lowest BCUT2D eigenvalue weighted by Gasteiger charge is -2.17. The zero-order valence-electron chi connectivity index (χ0n) is 15.7. The Hall–Kier alpha value is -3.47. The molecule has 4 rings (SSSR count). The van der Waals surface area contributed by atoms with Crippen molar-refractivity contribution < 1.29 is 18.7 Å². The van der Waals surface area contributed by atoms with Crippen molar-refractivity contribution in [1.82, 2.24) is 5.32 Å². The average Bonchev–Trinajstić information content (AvgIpc) is 3.06. The van der Waals surface area contributed by atoms with Gasteiger partial charge in [-0.25, -0.2) is 4.79 Å². The van der Waals surface area contributed by atoms with Gasteiger partial charge in [0.05, 0.1) is 0 Å². The largest absolute Gasteiger partial charge is 0.449 e. The number of halogens is 1. The van der Waals surface area contributed by atoms with Gasteiger partial charge in [-0.1, -0.05) is 78.9 Å². The SMILES string of the molecule is O=C(N[C@@H](Cc1ccccc1)C(=O)F)OCC1c2ccccc2-c2ccccc21. The monoisotopic (exact) mass is 389 g/mol. The van der Waals surface area contributed by atoms with Crippen LogP contribution in [0.15, 0.2) is 78.9 Å². The minimum atomic E-state index is -1.60. The minimum absolute atomic E-state index is 0.0698. The maximum atomic E-state index is 13.4. The van der Waals surface area contributed by atoms with Gasteiger partial charge in [-0.15, -0.1) is 0 Å². The van der Waals surface area contributed by atoms with Crippen molar-refractivity contribution >= 4 is 12.1 Å². The van der Waals surface area contributed by atoms with E-state index in [0.717, 1.165) is 27.8 Å². The topological polar surface area (TPSA) is 55.4 Å². The second-order valence-electron chi connectivity index (χ2n) is 7.02.